The van der Waals surface area contributed by atoms with Crippen LogP contribution < -0.4 is 10.9 Å². The number of hydrogen-bond donors (Lipinski definition) is 1. The molecule has 23 heavy (non-hydrogen) atoms. The highest BCUT2D eigenvalue weighted by molar-refractivity contribution is 5.89. The van der Waals surface area contributed by atoms with Crippen LogP contribution in [0.4, 0.5) is 10.2 Å². The summed E-state index contributed by atoms with van der Waals surface area (Å²) < 4.78 is 14.4. The molecule has 0 fully saturated rings. The molecule has 1 amide bonds. The Morgan fingerprint density at radius 1 is 1.30 bits per heavy atom. The minimum Gasteiger partial charge on any atom is -0.309 e. The van der Waals surface area contributed by atoms with E-state index >= 15 is 0 Å². The summed E-state index contributed by atoms with van der Waals surface area (Å²) in [6.45, 7) is 1.58. The molecule has 0 saturated carbocycles. The molecule has 0 aliphatic carbocycles. The van der Waals surface area contributed by atoms with Crippen molar-refractivity contribution in [1.82, 2.24) is 14.5 Å². The van der Waals surface area contributed by atoms with Crippen molar-refractivity contribution in [3.05, 3.63) is 64.6 Å². The van der Waals surface area contributed by atoms with Crippen molar-refractivity contribution < 1.29 is 9.18 Å². The quantitative estimate of drug-likeness (QED) is 0.801. The molecule has 0 aliphatic heterocycles. The molecular formula is C16H13FN4O2. The summed E-state index contributed by atoms with van der Waals surface area (Å²) in [6.07, 6.45) is 1.27. The summed E-state index contributed by atoms with van der Waals surface area (Å²) >= 11 is 0. The molecule has 0 unspecified atom stereocenters. The Hall–Kier alpha value is -3.09. The van der Waals surface area contributed by atoms with Crippen LogP contribution in [-0.4, -0.2) is 20.4 Å². The number of pyridine rings is 1. The lowest BCUT2D eigenvalue weighted by Crippen LogP contribution is -2.28. The number of aryl methyl sites for hydroxylation is 1. The second kappa shape index (κ2) is 5.96. The molecular weight excluding hydrogens is 299 g/mol. The Labute approximate surface area is 130 Å². The highest BCUT2D eigenvalue weighted by Gasteiger charge is 2.09. The maximum Gasteiger partial charge on any atom is 0.261 e. The zero-order valence-corrected chi connectivity index (χ0v) is 12.3. The standard InChI is InChI=1S/C16H13FN4O2/c1-10-3-2-4-14(19-10)20-15(22)8-21-9-18-13-6-5-11(17)7-12(13)16(21)23/h2-7,9H,8H2,1H3,(H,19,20,22). The van der Waals surface area contributed by atoms with Crippen molar-refractivity contribution >= 4 is 22.6 Å². The highest BCUT2D eigenvalue weighted by Crippen LogP contribution is 2.09. The first-order valence-electron chi connectivity index (χ1n) is 6.91. The van der Waals surface area contributed by atoms with Crippen LogP contribution in [0.25, 0.3) is 10.9 Å². The number of anilines is 1. The molecule has 1 N–H and O–H groups in total. The fourth-order valence-electron chi connectivity index (χ4n) is 2.19. The number of halogens is 1. The van der Waals surface area contributed by atoms with E-state index < -0.39 is 17.3 Å². The summed E-state index contributed by atoms with van der Waals surface area (Å²) in [6, 6.07) is 9.00. The number of amides is 1. The van der Waals surface area contributed by atoms with E-state index in [1.165, 1.54) is 18.5 Å². The van der Waals surface area contributed by atoms with E-state index in [0.29, 0.717) is 11.3 Å². The number of hydrogen-bond acceptors (Lipinski definition) is 4. The van der Waals surface area contributed by atoms with Crippen molar-refractivity contribution in [3.63, 3.8) is 0 Å². The Balaban J connectivity index is 1.85. The van der Waals surface area contributed by atoms with Crippen LogP contribution in [0.2, 0.25) is 0 Å². The molecule has 0 bridgehead atoms. The monoisotopic (exact) mass is 312 g/mol. The summed E-state index contributed by atoms with van der Waals surface area (Å²) in [4.78, 5) is 32.5. The van der Waals surface area contributed by atoms with Gasteiger partial charge in [0.25, 0.3) is 5.56 Å². The first-order valence-corrected chi connectivity index (χ1v) is 6.91. The van der Waals surface area contributed by atoms with Crippen molar-refractivity contribution in [1.29, 1.82) is 0 Å². The molecule has 3 aromatic rings. The molecule has 0 spiro atoms. The molecule has 0 aliphatic rings. The Morgan fingerprint density at radius 3 is 2.91 bits per heavy atom. The number of aromatic nitrogens is 3. The maximum absolute atomic E-state index is 13.3. The molecule has 6 nitrogen and oxygen atoms in total. The normalized spacial score (nSPS) is 10.7. The van der Waals surface area contributed by atoms with Crippen molar-refractivity contribution in [2.45, 2.75) is 13.5 Å². The predicted molar refractivity (Wildman–Crippen MR) is 83.6 cm³/mol. The molecule has 1 aromatic carbocycles. The minimum atomic E-state index is -0.525. The third kappa shape index (κ3) is 3.23. The van der Waals surface area contributed by atoms with Gasteiger partial charge in [-0.15, -0.1) is 0 Å². The number of nitrogens with one attached hydrogen (secondary N) is 1. The molecule has 0 atom stereocenters. The van der Waals surface area contributed by atoms with Crippen LogP contribution in [0, 0.1) is 12.7 Å². The van der Waals surface area contributed by atoms with Gasteiger partial charge in [0.05, 0.1) is 17.2 Å². The maximum atomic E-state index is 13.3. The van der Waals surface area contributed by atoms with Crippen LogP contribution in [0.3, 0.4) is 0 Å². The lowest BCUT2D eigenvalue weighted by molar-refractivity contribution is -0.116. The average molecular weight is 312 g/mol. The van der Waals surface area contributed by atoms with E-state index in [9.17, 15) is 14.0 Å². The lowest BCUT2D eigenvalue weighted by atomic mass is 10.2. The van der Waals surface area contributed by atoms with E-state index in [2.05, 4.69) is 15.3 Å². The van der Waals surface area contributed by atoms with Gasteiger partial charge in [-0.2, -0.15) is 0 Å². The van der Waals surface area contributed by atoms with Crippen molar-refractivity contribution in [2.24, 2.45) is 0 Å². The fraction of sp³-hybridized carbons (Fsp3) is 0.125. The number of rotatable bonds is 3. The Bertz CT molecular complexity index is 952. The largest absolute Gasteiger partial charge is 0.309 e. The molecule has 0 radical (unpaired) electrons. The number of benzene rings is 1. The van der Waals surface area contributed by atoms with Crippen LogP contribution in [0.15, 0.2) is 47.5 Å². The van der Waals surface area contributed by atoms with Gasteiger partial charge < -0.3 is 5.32 Å². The molecule has 3 rings (SSSR count). The van der Waals surface area contributed by atoms with E-state index in [-0.39, 0.29) is 11.9 Å². The van der Waals surface area contributed by atoms with Crippen LogP contribution in [0.5, 0.6) is 0 Å². The van der Waals surface area contributed by atoms with Crippen LogP contribution >= 0.6 is 0 Å². The third-order valence-corrected chi connectivity index (χ3v) is 3.26. The van der Waals surface area contributed by atoms with Gasteiger partial charge in [0.1, 0.15) is 18.2 Å². The van der Waals surface area contributed by atoms with Gasteiger partial charge in [-0.25, -0.2) is 14.4 Å². The van der Waals surface area contributed by atoms with E-state index in [0.717, 1.165) is 16.3 Å². The van der Waals surface area contributed by atoms with Gasteiger partial charge in [0.2, 0.25) is 5.91 Å². The summed E-state index contributed by atoms with van der Waals surface area (Å²) in [7, 11) is 0. The zero-order chi connectivity index (χ0) is 16.4. The second-order valence-corrected chi connectivity index (χ2v) is 5.05. The summed E-state index contributed by atoms with van der Waals surface area (Å²) in [5.74, 6) is -0.534. The molecule has 2 aromatic heterocycles. The van der Waals surface area contributed by atoms with Crippen LogP contribution in [0.1, 0.15) is 5.69 Å². The Morgan fingerprint density at radius 2 is 2.13 bits per heavy atom. The first kappa shape index (κ1) is 14.8. The number of carbonyl (C=O) groups is 1. The smallest absolute Gasteiger partial charge is 0.261 e. The summed E-state index contributed by atoms with van der Waals surface area (Å²) in [5, 5.41) is 2.74. The second-order valence-electron chi connectivity index (χ2n) is 5.05. The first-order chi connectivity index (χ1) is 11.0. The highest BCUT2D eigenvalue weighted by atomic mass is 19.1. The topological polar surface area (TPSA) is 76.9 Å². The van der Waals surface area contributed by atoms with Gasteiger partial charge >= 0.3 is 0 Å². The van der Waals surface area contributed by atoms with E-state index in [1.807, 2.05) is 13.0 Å². The van der Waals surface area contributed by atoms with Crippen molar-refractivity contribution in [3.8, 4) is 0 Å². The average Bonchev–Trinajstić information content (AvgIpc) is 2.50. The Kier molecular flexibility index (Phi) is 3.84. The van der Waals surface area contributed by atoms with Gasteiger partial charge in [-0.1, -0.05) is 6.07 Å². The predicted octanol–water partition coefficient (Wildman–Crippen LogP) is 1.88. The molecule has 116 valence electrons. The van der Waals surface area contributed by atoms with Gasteiger partial charge in [0.15, 0.2) is 0 Å². The molecule has 0 saturated heterocycles. The third-order valence-electron chi connectivity index (χ3n) is 3.26. The SMILES string of the molecule is Cc1cccc(NC(=O)Cn2cnc3ccc(F)cc3c2=O)n1. The van der Waals surface area contributed by atoms with Gasteiger partial charge in [-0.05, 0) is 37.3 Å². The van der Waals surface area contributed by atoms with Crippen LogP contribution in [-0.2, 0) is 11.3 Å². The van der Waals surface area contributed by atoms with Crippen molar-refractivity contribution in [2.75, 3.05) is 5.32 Å². The number of carbonyl (C=O) groups excluding carboxylic acids is 1. The minimum absolute atomic E-state index is 0.133. The lowest BCUT2D eigenvalue weighted by Gasteiger charge is -2.08. The molecule has 2 heterocycles. The number of nitrogens with zero attached hydrogens (tertiary/aromatic N) is 3. The number of fused-ring (bicyclic) bond motifs is 1. The molecule has 7 heteroatoms. The van der Waals surface area contributed by atoms with Gasteiger partial charge in [0, 0.05) is 5.69 Å². The van der Waals surface area contributed by atoms with Gasteiger partial charge in [-0.3, -0.25) is 14.2 Å². The summed E-state index contributed by atoms with van der Waals surface area (Å²) in [5.41, 5.74) is 0.679. The zero-order valence-electron chi connectivity index (χ0n) is 12.3. The van der Waals surface area contributed by atoms with E-state index in [4.69, 9.17) is 0 Å². The van der Waals surface area contributed by atoms with E-state index in [1.54, 1.807) is 12.1 Å². The fourth-order valence-corrected chi connectivity index (χ4v) is 2.19.